The monoisotopic (exact) mass is 214 g/mol. The van der Waals surface area contributed by atoms with Gasteiger partial charge in [-0.05, 0) is 13.0 Å². The third-order valence-corrected chi connectivity index (χ3v) is 2.46. The predicted molar refractivity (Wildman–Crippen MR) is 55.4 cm³/mol. The lowest BCUT2D eigenvalue weighted by Gasteiger charge is -1.98. The number of nitrogens with two attached hydrogens (primary N) is 1. The van der Waals surface area contributed by atoms with E-state index >= 15 is 0 Å². The Hall–Kier alpha value is -0.940. The molecule has 14 heavy (non-hydrogen) atoms. The zero-order valence-electron chi connectivity index (χ0n) is 8.16. The van der Waals surface area contributed by atoms with Crippen LogP contribution >= 0.6 is 11.3 Å². The number of carbonyl (C=O) groups excluding carboxylic acids is 1. The van der Waals surface area contributed by atoms with Crippen LogP contribution in [0.4, 0.5) is 0 Å². The first-order valence-corrected chi connectivity index (χ1v) is 5.47. The van der Waals surface area contributed by atoms with Gasteiger partial charge in [0.05, 0.1) is 11.6 Å². The summed E-state index contributed by atoms with van der Waals surface area (Å²) >= 11 is 1.44. The van der Waals surface area contributed by atoms with E-state index in [1.54, 1.807) is 5.38 Å². The van der Waals surface area contributed by atoms with Crippen LogP contribution in [0.5, 0.6) is 0 Å². The van der Waals surface area contributed by atoms with Gasteiger partial charge in [0, 0.05) is 11.8 Å². The van der Waals surface area contributed by atoms with Crippen molar-refractivity contribution in [3.8, 4) is 0 Å². The van der Waals surface area contributed by atoms with E-state index in [0.717, 1.165) is 11.4 Å². The number of hydrogen-bond donors (Lipinski definition) is 1. The average Bonchev–Trinajstić information content (AvgIpc) is 2.63. The molecule has 0 aliphatic carbocycles. The molecule has 4 nitrogen and oxygen atoms in total. The molecule has 1 aromatic rings. The Bertz CT molecular complexity index is 299. The van der Waals surface area contributed by atoms with Crippen LogP contribution < -0.4 is 5.73 Å². The quantitative estimate of drug-likeness (QED) is 0.748. The summed E-state index contributed by atoms with van der Waals surface area (Å²) in [7, 11) is 0. The van der Waals surface area contributed by atoms with Gasteiger partial charge < -0.3 is 10.5 Å². The fraction of sp³-hybridized carbons (Fsp3) is 0.556. The Balaban J connectivity index is 2.53. The highest BCUT2D eigenvalue weighted by atomic mass is 32.1. The van der Waals surface area contributed by atoms with Crippen LogP contribution in [0.15, 0.2) is 5.38 Å². The smallest absolute Gasteiger partial charge is 0.357 e. The van der Waals surface area contributed by atoms with Crippen molar-refractivity contribution in [1.29, 1.82) is 0 Å². The molecule has 0 aliphatic heterocycles. The van der Waals surface area contributed by atoms with Gasteiger partial charge in [0.2, 0.25) is 0 Å². The largest absolute Gasteiger partial charge is 0.461 e. The highest BCUT2D eigenvalue weighted by molar-refractivity contribution is 7.09. The van der Waals surface area contributed by atoms with Crippen molar-refractivity contribution in [2.24, 2.45) is 5.73 Å². The first-order chi connectivity index (χ1) is 6.77. The number of hydrogen-bond acceptors (Lipinski definition) is 5. The molecule has 0 fully saturated rings. The van der Waals surface area contributed by atoms with Crippen molar-refractivity contribution in [3.05, 3.63) is 16.1 Å². The number of carbonyl (C=O) groups is 1. The minimum atomic E-state index is -0.341. The third-order valence-electron chi connectivity index (χ3n) is 1.56. The second kappa shape index (κ2) is 5.72. The van der Waals surface area contributed by atoms with E-state index in [1.165, 1.54) is 11.3 Å². The van der Waals surface area contributed by atoms with Crippen LogP contribution in [0.2, 0.25) is 0 Å². The van der Waals surface area contributed by atoms with Crippen molar-refractivity contribution in [2.45, 2.75) is 19.8 Å². The van der Waals surface area contributed by atoms with E-state index in [1.807, 2.05) is 6.92 Å². The number of rotatable bonds is 5. The van der Waals surface area contributed by atoms with E-state index in [2.05, 4.69) is 4.98 Å². The van der Waals surface area contributed by atoms with Gasteiger partial charge in [-0.25, -0.2) is 9.78 Å². The molecule has 0 unspecified atom stereocenters. The standard InChI is InChI=1S/C9H14N2O2S/c1-2-5-13-9(12)7-6-14-8(11-7)3-4-10/h6H,2-5,10H2,1H3. The molecule has 0 aromatic carbocycles. The van der Waals surface area contributed by atoms with Crippen molar-refractivity contribution >= 4 is 17.3 Å². The summed E-state index contributed by atoms with van der Waals surface area (Å²) in [4.78, 5) is 15.4. The molecule has 2 N–H and O–H groups in total. The minimum absolute atomic E-state index is 0.341. The van der Waals surface area contributed by atoms with Crippen LogP contribution in [0, 0.1) is 0 Å². The zero-order valence-corrected chi connectivity index (χ0v) is 8.97. The van der Waals surface area contributed by atoms with Gasteiger partial charge >= 0.3 is 5.97 Å². The van der Waals surface area contributed by atoms with E-state index in [-0.39, 0.29) is 5.97 Å². The number of esters is 1. The fourth-order valence-electron chi connectivity index (χ4n) is 0.912. The number of aromatic nitrogens is 1. The average molecular weight is 214 g/mol. The molecule has 1 heterocycles. The SMILES string of the molecule is CCCOC(=O)c1csc(CCN)n1. The van der Waals surface area contributed by atoms with Gasteiger partial charge in [0.15, 0.2) is 5.69 Å². The van der Waals surface area contributed by atoms with Crippen LogP contribution in [0.25, 0.3) is 0 Å². The highest BCUT2D eigenvalue weighted by Crippen LogP contribution is 2.10. The van der Waals surface area contributed by atoms with E-state index < -0.39 is 0 Å². The van der Waals surface area contributed by atoms with E-state index in [4.69, 9.17) is 10.5 Å². The van der Waals surface area contributed by atoms with Gasteiger partial charge in [-0.1, -0.05) is 6.92 Å². The molecular weight excluding hydrogens is 200 g/mol. The maximum Gasteiger partial charge on any atom is 0.357 e. The summed E-state index contributed by atoms with van der Waals surface area (Å²) in [5.41, 5.74) is 5.77. The van der Waals surface area contributed by atoms with Crippen LogP contribution in [0.1, 0.15) is 28.8 Å². The Morgan fingerprint density at radius 2 is 2.50 bits per heavy atom. The molecule has 1 rings (SSSR count). The number of thiazole rings is 1. The third kappa shape index (κ3) is 3.08. The summed E-state index contributed by atoms with van der Waals surface area (Å²) in [6, 6.07) is 0. The minimum Gasteiger partial charge on any atom is -0.461 e. The predicted octanol–water partition coefficient (Wildman–Crippen LogP) is 1.21. The van der Waals surface area contributed by atoms with Gasteiger partial charge in [-0.3, -0.25) is 0 Å². The van der Waals surface area contributed by atoms with Gasteiger partial charge in [-0.2, -0.15) is 0 Å². The Labute approximate surface area is 87.1 Å². The maximum atomic E-state index is 11.3. The summed E-state index contributed by atoms with van der Waals surface area (Å²) in [6.07, 6.45) is 1.54. The summed E-state index contributed by atoms with van der Waals surface area (Å²) in [5.74, 6) is -0.341. The molecule has 0 saturated carbocycles. The molecule has 78 valence electrons. The molecule has 0 atom stereocenters. The van der Waals surface area contributed by atoms with Crippen LogP contribution in [-0.4, -0.2) is 24.1 Å². The van der Waals surface area contributed by atoms with Crippen molar-refractivity contribution < 1.29 is 9.53 Å². The lowest BCUT2D eigenvalue weighted by atomic mass is 10.4. The normalized spacial score (nSPS) is 10.1. The van der Waals surface area contributed by atoms with Crippen LogP contribution in [0.3, 0.4) is 0 Å². The molecule has 0 saturated heterocycles. The van der Waals surface area contributed by atoms with Crippen molar-refractivity contribution in [3.63, 3.8) is 0 Å². The Morgan fingerprint density at radius 3 is 3.14 bits per heavy atom. The van der Waals surface area contributed by atoms with Gasteiger partial charge in [-0.15, -0.1) is 11.3 Å². The molecule has 0 spiro atoms. The Morgan fingerprint density at radius 1 is 1.71 bits per heavy atom. The highest BCUT2D eigenvalue weighted by Gasteiger charge is 2.10. The zero-order chi connectivity index (χ0) is 10.4. The van der Waals surface area contributed by atoms with Crippen molar-refractivity contribution in [1.82, 2.24) is 4.98 Å². The van der Waals surface area contributed by atoms with Gasteiger partial charge in [0.1, 0.15) is 0 Å². The molecule has 0 bridgehead atoms. The first-order valence-electron chi connectivity index (χ1n) is 4.59. The number of nitrogens with zero attached hydrogens (tertiary/aromatic N) is 1. The maximum absolute atomic E-state index is 11.3. The lowest BCUT2D eigenvalue weighted by molar-refractivity contribution is 0.0499. The molecule has 5 heteroatoms. The second-order valence-corrected chi connectivity index (χ2v) is 3.74. The molecule has 0 aliphatic rings. The molecule has 0 radical (unpaired) electrons. The first kappa shape index (κ1) is 11.1. The van der Waals surface area contributed by atoms with Gasteiger partial charge in [0.25, 0.3) is 0 Å². The van der Waals surface area contributed by atoms with E-state index in [9.17, 15) is 4.79 Å². The van der Waals surface area contributed by atoms with Crippen LogP contribution in [-0.2, 0) is 11.2 Å². The Kier molecular flexibility index (Phi) is 4.55. The summed E-state index contributed by atoms with van der Waals surface area (Å²) < 4.78 is 4.94. The van der Waals surface area contributed by atoms with E-state index in [0.29, 0.717) is 25.3 Å². The number of ether oxygens (including phenoxy) is 1. The fourth-order valence-corrected chi connectivity index (χ4v) is 1.69. The van der Waals surface area contributed by atoms with Crippen molar-refractivity contribution in [2.75, 3.05) is 13.2 Å². The molecular formula is C9H14N2O2S. The summed E-state index contributed by atoms with van der Waals surface area (Å²) in [6.45, 7) is 2.95. The lowest BCUT2D eigenvalue weighted by Crippen LogP contribution is -2.07. The second-order valence-electron chi connectivity index (χ2n) is 2.80. The molecule has 0 amide bonds. The topological polar surface area (TPSA) is 65.2 Å². The summed E-state index contributed by atoms with van der Waals surface area (Å²) in [5, 5.41) is 2.60. The molecule has 1 aromatic heterocycles.